The van der Waals surface area contributed by atoms with Crippen LogP contribution in [-0.2, 0) is 15.2 Å². The zero-order valence-corrected chi connectivity index (χ0v) is 14.2. The Balaban J connectivity index is 1.90. The average Bonchev–Trinajstić information content (AvgIpc) is 2.74. The molecule has 1 aromatic carbocycles. The summed E-state index contributed by atoms with van der Waals surface area (Å²) in [6.45, 7) is 6.37. The summed E-state index contributed by atoms with van der Waals surface area (Å²) in [5.74, 6) is 0.506. The van der Waals surface area contributed by atoms with E-state index in [9.17, 15) is 13.2 Å². The second-order valence-electron chi connectivity index (χ2n) is 7.15. The Hall–Kier alpha value is -1.66. The molecule has 3 rings (SSSR count). The van der Waals surface area contributed by atoms with Gasteiger partial charge in [-0.25, -0.2) is 0 Å². The zero-order valence-electron chi connectivity index (χ0n) is 13.4. The minimum Gasteiger partial charge on any atom is -0.362 e. The molecule has 2 saturated carbocycles. The predicted octanol–water partition coefficient (Wildman–Crippen LogP) is 3.28. The molecule has 2 fully saturated rings. The van der Waals surface area contributed by atoms with Crippen molar-refractivity contribution in [3.8, 4) is 5.75 Å². The highest BCUT2D eigenvalue weighted by Gasteiger charge is 2.63. The molecular weight excluding hydrogens is 316 g/mol. The molecule has 5 nitrogen and oxygen atoms in total. The Kier molecular flexibility index (Phi) is 3.46. The van der Waals surface area contributed by atoms with Crippen LogP contribution in [0.1, 0.15) is 39.2 Å². The topological polar surface area (TPSA) is 80.7 Å². The lowest BCUT2D eigenvalue weighted by Crippen LogP contribution is -2.32. The number of fused-ring (bicyclic) bond motifs is 2. The van der Waals surface area contributed by atoms with E-state index in [2.05, 4.69) is 25.0 Å². The number of hydrogen-bond donors (Lipinski definition) is 1. The molecule has 124 valence electrons. The zero-order chi connectivity index (χ0) is 17.0. The number of carbonyl (C=O) groups is 1. The summed E-state index contributed by atoms with van der Waals surface area (Å²) in [6.07, 6.45) is 3.84. The van der Waals surface area contributed by atoms with Crippen molar-refractivity contribution in [2.45, 2.75) is 33.6 Å². The van der Waals surface area contributed by atoms with E-state index in [4.69, 9.17) is 4.55 Å². The highest BCUT2D eigenvalue weighted by molar-refractivity contribution is 7.81. The summed E-state index contributed by atoms with van der Waals surface area (Å²) in [4.78, 5) is 12.8. The molecule has 1 aromatic rings. The molecule has 2 bridgehead atoms. The first-order valence-corrected chi connectivity index (χ1v) is 8.94. The third-order valence-corrected chi connectivity index (χ3v) is 6.17. The third kappa shape index (κ3) is 2.50. The standard InChI is InChI=1S/C17H20O5S/c1-16(2)14-8-9-17(16,3)15(18)13(14)10-11-4-6-12(7-5-11)22-23(19,20)21/h4-7,10,14H,8-9H2,1-3H3,(H,19,20,21). The van der Waals surface area contributed by atoms with Crippen molar-refractivity contribution in [1.82, 2.24) is 0 Å². The first-order chi connectivity index (χ1) is 10.5. The van der Waals surface area contributed by atoms with Gasteiger partial charge in [-0.15, -0.1) is 0 Å². The Morgan fingerprint density at radius 3 is 2.30 bits per heavy atom. The molecule has 2 aliphatic carbocycles. The summed E-state index contributed by atoms with van der Waals surface area (Å²) >= 11 is 0. The quantitative estimate of drug-likeness (QED) is 0.677. The molecule has 2 unspecified atom stereocenters. The van der Waals surface area contributed by atoms with Gasteiger partial charge in [-0.3, -0.25) is 9.35 Å². The summed E-state index contributed by atoms with van der Waals surface area (Å²) < 4.78 is 34.4. The van der Waals surface area contributed by atoms with E-state index >= 15 is 0 Å². The maximum atomic E-state index is 12.8. The van der Waals surface area contributed by atoms with E-state index in [1.165, 1.54) is 12.1 Å². The number of ketones is 1. The Morgan fingerprint density at radius 1 is 1.22 bits per heavy atom. The average molecular weight is 336 g/mol. The predicted molar refractivity (Wildman–Crippen MR) is 86.2 cm³/mol. The lowest BCUT2D eigenvalue weighted by atomic mass is 9.70. The van der Waals surface area contributed by atoms with Crippen LogP contribution in [0.2, 0.25) is 0 Å². The van der Waals surface area contributed by atoms with E-state index in [1.54, 1.807) is 12.1 Å². The first kappa shape index (κ1) is 16.2. The van der Waals surface area contributed by atoms with Crippen molar-refractivity contribution in [2.75, 3.05) is 0 Å². The summed E-state index contributed by atoms with van der Waals surface area (Å²) in [7, 11) is -4.52. The molecule has 2 aliphatic rings. The monoisotopic (exact) mass is 336 g/mol. The Bertz CT molecular complexity index is 789. The van der Waals surface area contributed by atoms with Gasteiger partial charge in [0.15, 0.2) is 5.78 Å². The fourth-order valence-electron chi connectivity index (χ4n) is 4.01. The lowest BCUT2D eigenvalue weighted by molar-refractivity contribution is -0.125. The summed E-state index contributed by atoms with van der Waals surface area (Å²) in [5.41, 5.74) is 1.33. The molecule has 0 heterocycles. The number of carbonyl (C=O) groups excluding carboxylic acids is 1. The number of Topliss-reactive ketones (excluding diaryl/α,β-unsaturated/α-hetero) is 1. The van der Waals surface area contributed by atoms with Crippen molar-refractivity contribution >= 4 is 22.3 Å². The van der Waals surface area contributed by atoms with Crippen LogP contribution in [0.25, 0.3) is 6.08 Å². The van der Waals surface area contributed by atoms with Crippen LogP contribution in [-0.4, -0.2) is 18.8 Å². The molecule has 0 saturated heterocycles. The van der Waals surface area contributed by atoms with Crippen LogP contribution in [0.3, 0.4) is 0 Å². The van der Waals surface area contributed by atoms with Crippen molar-refractivity contribution in [3.63, 3.8) is 0 Å². The molecule has 0 spiro atoms. The van der Waals surface area contributed by atoms with Crippen molar-refractivity contribution in [3.05, 3.63) is 35.4 Å². The summed E-state index contributed by atoms with van der Waals surface area (Å²) in [6, 6.07) is 6.24. The van der Waals surface area contributed by atoms with Crippen molar-refractivity contribution in [1.29, 1.82) is 0 Å². The Morgan fingerprint density at radius 2 is 1.83 bits per heavy atom. The fraction of sp³-hybridized carbons (Fsp3) is 0.471. The molecule has 6 heteroatoms. The molecule has 0 aliphatic heterocycles. The molecule has 0 aromatic heterocycles. The van der Waals surface area contributed by atoms with Crippen LogP contribution in [0.4, 0.5) is 0 Å². The SMILES string of the molecule is CC12CCC(C(=Cc3ccc(OS(=O)(=O)O)cc3)C1=O)C2(C)C. The number of rotatable bonds is 3. The van der Waals surface area contributed by atoms with Gasteiger partial charge in [0.05, 0.1) is 0 Å². The van der Waals surface area contributed by atoms with Crippen LogP contribution >= 0.6 is 0 Å². The third-order valence-electron chi connectivity index (χ3n) is 5.77. The largest absolute Gasteiger partial charge is 0.446 e. The van der Waals surface area contributed by atoms with E-state index < -0.39 is 10.4 Å². The number of allylic oxidation sites excluding steroid dienone is 1. The number of benzene rings is 1. The van der Waals surface area contributed by atoms with Gasteiger partial charge in [0.25, 0.3) is 0 Å². The van der Waals surface area contributed by atoms with Gasteiger partial charge in [0.2, 0.25) is 0 Å². The molecule has 1 N–H and O–H groups in total. The highest BCUT2D eigenvalue weighted by atomic mass is 32.3. The second kappa shape index (κ2) is 4.92. The molecule has 23 heavy (non-hydrogen) atoms. The van der Waals surface area contributed by atoms with Crippen LogP contribution in [0.15, 0.2) is 29.8 Å². The maximum Gasteiger partial charge on any atom is 0.446 e. The van der Waals surface area contributed by atoms with Gasteiger partial charge in [-0.2, -0.15) is 8.42 Å². The van der Waals surface area contributed by atoms with E-state index in [0.29, 0.717) is 0 Å². The fourth-order valence-corrected chi connectivity index (χ4v) is 4.37. The van der Waals surface area contributed by atoms with Gasteiger partial charge in [-0.05, 0) is 53.5 Å². The smallest absolute Gasteiger partial charge is 0.362 e. The summed E-state index contributed by atoms with van der Waals surface area (Å²) in [5, 5.41) is 0. The highest BCUT2D eigenvalue weighted by Crippen LogP contribution is 2.65. The number of hydrogen-bond acceptors (Lipinski definition) is 4. The lowest BCUT2D eigenvalue weighted by Gasteiger charge is -2.31. The molecule has 0 radical (unpaired) electrons. The second-order valence-corrected chi connectivity index (χ2v) is 8.18. The molecule has 2 atom stereocenters. The maximum absolute atomic E-state index is 12.8. The van der Waals surface area contributed by atoms with Gasteiger partial charge < -0.3 is 4.18 Å². The van der Waals surface area contributed by atoms with Gasteiger partial charge >= 0.3 is 10.4 Å². The van der Waals surface area contributed by atoms with Crippen LogP contribution < -0.4 is 4.18 Å². The van der Waals surface area contributed by atoms with Gasteiger partial charge in [-0.1, -0.05) is 32.9 Å². The van der Waals surface area contributed by atoms with Crippen molar-refractivity contribution in [2.24, 2.45) is 16.7 Å². The van der Waals surface area contributed by atoms with Crippen molar-refractivity contribution < 1.29 is 21.9 Å². The van der Waals surface area contributed by atoms with E-state index in [0.717, 1.165) is 24.0 Å². The van der Waals surface area contributed by atoms with Crippen LogP contribution in [0, 0.1) is 16.7 Å². The minimum absolute atomic E-state index is 0.0289. The molecule has 0 amide bonds. The minimum atomic E-state index is -4.52. The van der Waals surface area contributed by atoms with Gasteiger partial charge in [0.1, 0.15) is 5.75 Å². The molecular formula is C17H20O5S. The van der Waals surface area contributed by atoms with E-state index in [-0.39, 0.29) is 28.3 Å². The van der Waals surface area contributed by atoms with E-state index in [1.807, 2.05) is 6.08 Å². The first-order valence-electron chi connectivity index (χ1n) is 7.58. The van der Waals surface area contributed by atoms with Gasteiger partial charge in [0, 0.05) is 5.41 Å². The normalized spacial score (nSPS) is 30.9. The van der Waals surface area contributed by atoms with Crippen LogP contribution in [0.5, 0.6) is 5.75 Å². The Labute approximate surface area is 136 Å².